The predicted octanol–water partition coefficient (Wildman–Crippen LogP) is 3.45. The molecule has 0 radical (unpaired) electrons. The Balaban J connectivity index is 2.55. The third-order valence-corrected chi connectivity index (χ3v) is 3.94. The highest BCUT2D eigenvalue weighted by molar-refractivity contribution is 9.10. The second-order valence-corrected chi connectivity index (χ2v) is 7.03. The number of carbonyl (C=O) groups is 3. The summed E-state index contributed by atoms with van der Waals surface area (Å²) in [5.74, 6) is -0.342. The zero-order valence-corrected chi connectivity index (χ0v) is 14.8. The lowest BCUT2D eigenvalue weighted by molar-refractivity contribution is 0.0582. The predicted molar refractivity (Wildman–Crippen MR) is 86.7 cm³/mol. The number of halogens is 1. The lowest BCUT2D eigenvalue weighted by Gasteiger charge is -2.25. The average Bonchev–Trinajstić information content (AvgIpc) is 2.68. The summed E-state index contributed by atoms with van der Waals surface area (Å²) >= 11 is 3.35. The lowest BCUT2D eigenvalue weighted by atomic mass is 10.1. The minimum Gasteiger partial charge on any atom is -0.464 e. The van der Waals surface area contributed by atoms with E-state index in [0.717, 1.165) is 0 Å². The molecule has 0 aliphatic carbocycles. The van der Waals surface area contributed by atoms with Gasteiger partial charge >= 0.3 is 12.2 Å². The third-order valence-electron chi connectivity index (χ3n) is 3.20. The van der Waals surface area contributed by atoms with E-state index in [1.165, 1.54) is 11.0 Å². The molecule has 8 heteroatoms. The fourth-order valence-corrected chi connectivity index (χ4v) is 2.73. The number of ether oxygens (including phenoxy) is 1. The highest BCUT2D eigenvalue weighted by Crippen LogP contribution is 2.36. The summed E-state index contributed by atoms with van der Waals surface area (Å²) < 4.78 is 5.82. The summed E-state index contributed by atoms with van der Waals surface area (Å²) in [6, 6.07) is 3.03. The molecule has 1 aliphatic heterocycles. The Morgan fingerprint density at radius 2 is 1.96 bits per heavy atom. The maximum Gasteiger partial charge on any atom is 0.424 e. The van der Waals surface area contributed by atoms with Crippen molar-refractivity contribution >= 4 is 39.7 Å². The molecule has 0 unspecified atom stereocenters. The van der Waals surface area contributed by atoms with E-state index in [1.54, 1.807) is 33.9 Å². The van der Waals surface area contributed by atoms with Gasteiger partial charge in [0.1, 0.15) is 5.60 Å². The fourth-order valence-electron chi connectivity index (χ4n) is 2.28. The molecule has 1 N–H and O–H groups in total. The zero-order chi connectivity index (χ0) is 17.5. The molecule has 1 heterocycles. The van der Waals surface area contributed by atoms with Gasteiger partial charge < -0.3 is 14.7 Å². The normalized spacial score (nSPS) is 13.8. The molecule has 1 aromatic rings. The van der Waals surface area contributed by atoms with Crippen LogP contribution in [-0.4, -0.2) is 40.7 Å². The van der Waals surface area contributed by atoms with Crippen LogP contribution in [0.1, 0.15) is 36.7 Å². The van der Waals surface area contributed by atoms with Crippen molar-refractivity contribution in [3.63, 3.8) is 0 Å². The van der Waals surface area contributed by atoms with Crippen LogP contribution in [0.4, 0.5) is 15.3 Å². The van der Waals surface area contributed by atoms with Gasteiger partial charge in [-0.3, -0.25) is 4.79 Å². The summed E-state index contributed by atoms with van der Waals surface area (Å²) in [6.07, 6.45) is -2.55. The molecule has 3 amide bonds. The molecule has 0 spiro atoms. The van der Waals surface area contributed by atoms with E-state index in [9.17, 15) is 19.5 Å². The van der Waals surface area contributed by atoms with Crippen LogP contribution in [0.25, 0.3) is 0 Å². The maximum atomic E-state index is 12.3. The van der Waals surface area contributed by atoms with Crippen LogP contribution in [0.2, 0.25) is 0 Å². The van der Waals surface area contributed by atoms with Crippen molar-refractivity contribution in [1.29, 1.82) is 0 Å². The zero-order valence-electron chi connectivity index (χ0n) is 13.2. The molecule has 1 aromatic carbocycles. The number of carbonyl (C=O) groups excluding carboxylic acids is 2. The summed E-state index contributed by atoms with van der Waals surface area (Å²) in [7, 11) is 1.61. The molecular formula is C15H17BrN2O5. The summed E-state index contributed by atoms with van der Waals surface area (Å²) in [4.78, 5) is 38.1. The van der Waals surface area contributed by atoms with Crippen molar-refractivity contribution in [2.45, 2.75) is 32.9 Å². The van der Waals surface area contributed by atoms with Crippen molar-refractivity contribution in [2.24, 2.45) is 0 Å². The van der Waals surface area contributed by atoms with Crippen molar-refractivity contribution in [3.8, 4) is 0 Å². The summed E-state index contributed by atoms with van der Waals surface area (Å²) in [5.41, 5.74) is -0.0244. The molecule has 23 heavy (non-hydrogen) atoms. The van der Waals surface area contributed by atoms with E-state index in [-0.39, 0.29) is 17.2 Å². The monoisotopic (exact) mass is 384 g/mol. The summed E-state index contributed by atoms with van der Waals surface area (Å²) in [6.45, 7) is 5.24. The van der Waals surface area contributed by atoms with Gasteiger partial charge in [-0.05, 0) is 32.9 Å². The first-order chi connectivity index (χ1) is 10.5. The van der Waals surface area contributed by atoms with E-state index >= 15 is 0 Å². The van der Waals surface area contributed by atoms with Gasteiger partial charge in [0, 0.05) is 23.6 Å². The van der Waals surface area contributed by atoms with Crippen LogP contribution in [0.15, 0.2) is 16.6 Å². The molecule has 0 fully saturated rings. The van der Waals surface area contributed by atoms with E-state index in [2.05, 4.69) is 15.9 Å². The number of amides is 3. The highest BCUT2D eigenvalue weighted by Gasteiger charge is 2.36. The van der Waals surface area contributed by atoms with Crippen LogP contribution in [0.3, 0.4) is 0 Å². The number of fused-ring (bicyclic) bond motifs is 1. The minimum absolute atomic E-state index is 0.000648. The van der Waals surface area contributed by atoms with Crippen LogP contribution < -0.4 is 4.90 Å². The maximum absolute atomic E-state index is 12.3. The SMILES string of the molecule is CN1Cc2c(Br)ccc(N(C(=O)O)C(=O)OC(C)(C)C)c2C1=O. The molecule has 0 saturated carbocycles. The number of rotatable bonds is 1. The topological polar surface area (TPSA) is 87.2 Å². The fraction of sp³-hybridized carbons (Fsp3) is 0.400. The van der Waals surface area contributed by atoms with Gasteiger partial charge in [0.05, 0.1) is 11.3 Å². The molecule has 0 atom stereocenters. The summed E-state index contributed by atoms with van der Waals surface area (Å²) in [5, 5.41) is 9.44. The average molecular weight is 385 g/mol. The van der Waals surface area contributed by atoms with Crippen molar-refractivity contribution in [3.05, 3.63) is 27.7 Å². The van der Waals surface area contributed by atoms with E-state index in [1.807, 2.05) is 0 Å². The van der Waals surface area contributed by atoms with Gasteiger partial charge in [0.2, 0.25) is 0 Å². The first-order valence-corrected chi connectivity index (χ1v) is 7.65. The first kappa shape index (κ1) is 17.3. The molecule has 0 aromatic heterocycles. The number of benzene rings is 1. The Morgan fingerprint density at radius 3 is 2.48 bits per heavy atom. The quantitative estimate of drug-likeness (QED) is 0.800. The molecule has 0 bridgehead atoms. The minimum atomic E-state index is -1.51. The molecule has 7 nitrogen and oxygen atoms in total. The molecular weight excluding hydrogens is 368 g/mol. The van der Waals surface area contributed by atoms with Crippen LogP contribution in [0, 0.1) is 0 Å². The van der Waals surface area contributed by atoms with Gasteiger partial charge in [-0.1, -0.05) is 15.9 Å². The van der Waals surface area contributed by atoms with Crippen molar-refractivity contribution in [2.75, 3.05) is 11.9 Å². The third kappa shape index (κ3) is 3.31. The standard InChI is InChI=1S/C15H17BrN2O5/c1-15(2,3)23-14(22)18(13(20)21)10-6-5-9(16)8-7-17(4)12(19)11(8)10/h5-6H,7H2,1-4H3,(H,20,21). The lowest BCUT2D eigenvalue weighted by Crippen LogP contribution is -2.41. The van der Waals surface area contributed by atoms with Crippen LogP contribution >= 0.6 is 15.9 Å². The van der Waals surface area contributed by atoms with Crippen molar-refractivity contribution in [1.82, 2.24) is 4.90 Å². The van der Waals surface area contributed by atoms with E-state index in [0.29, 0.717) is 21.5 Å². The molecule has 124 valence electrons. The van der Waals surface area contributed by atoms with Crippen LogP contribution in [0.5, 0.6) is 0 Å². The highest BCUT2D eigenvalue weighted by atomic mass is 79.9. The molecule has 1 aliphatic rings. The van der Waals surface area contributed by atoms with Gasteiger partial charge in [-0.2, -0.15) is 4.90 Å². The van der Waals surface area contributed by atoms with Gasteiger partial charge in [-0.15, -0.1) is 0 Å². The van der Waals surface area contributed by atoms with Gasteiger partial charge in [-0.25, -0.2) is 9.59 Å². The number of imide groups is 1. The van der Waals surface area contributed by atoms with E-state index in [4.69, 9.17) is 4.74 Å². The largest absolute Gasteiger partial charge is 0.464 e. The van der Waals surface area contributed by atoms with Crippen LogP contribution in [-0.2, 0) is 11.3 Å². The smallest absolute Gasteiger partial charge is 0.424 e. The number of carboxylic acid groups (broad SMARTS) is 1. The van der Waals surface area contributed by atoms with E-state index < -0.39 is 17.8 Å². The Hall–Kier alpha value is -2.09. The number of nitrogens with zero attached hydrogens (tertiary/aromatic N) is 2. The Bertz CT molecular complexity index is 696. The number of hydrogen-bond acceptors (Lipinski definition) is 4. The molecule has 0 saturated heterocycles. The second kappa shape index (κ2) is 5.84. The Kier molecular flexibility index (Phi) is 4.39. The number of anilines is 1. The molecule has 2 rings (SSSR count). The van der Waals surface area contributed by atoms with Gasteiger partial charge in [0.15, 0.2) is 0 Å². The second-order valence-electron chi connectivity index (χ2n) is 6.18. The first-order valence-electron chi connectivity index (χ1n) is 6.86. The van der Waals surface area contributed by atoms with Crippen molar-refractivity contribution < 1.29 is 24.2 Å². The van der Waals surface area contributed by atoms with Gasteiger partial charge in [0.25, 0.3) is 5.91 Å². The Morgan fingerprint density at radius 1 is 1.35 bits per heavy atom. The Labute approximate surface area is 141 Å². The number of hydrogen-bond donors (Lipinski definition) is 1.